The van der Waals surface area contributed by atoms with E-state index in [2.05, 4.69) is 20.2 Å². The summed E-state index contributed by atoms with van der Waals surface area (Å²) in [4.78, 5) is 24.4. The number of halogens is 1. The summed E-state index contributed by atoms with van der Waals surface area (Å²) in [6.07, 6.45) is 3.21. The Bertz CT molecular complexity index is 1190. The van der Waals surface area contributed by atoms with Gasteiger partial charge in [0, 0.05) is 12.1 Å². The van der Waals surface area contributed by atoms with Gasteiger partial charge in [0.05, 0.1) is 18.3 Å². The number of nitrogens with zero attached hydrogens (tertiary/aromatic N) is 3. The maximum Gasteiger partial charge on any atom is 0.224 e. The number of oxazole rings is 1. The van der Waals surface area contributed by atoms with Crippen molar-refractivity contribution >= 4 is 17.0 Å². The number of hydrogen-bond donors (Lipinski definition) is 1. The first-order chi connectivity index (χ1) is 16.2. The van der Waals surface area contributed by atoms with Crippen LogP contribution in [0.2, 0.25) is 0 Å². The number of pyridine rings is 1. The molecule has 0 spiro atoms. The van der Waals surface area contributed by atoms with Crippen LogP contribution in [0, 0.1) is 11.7 Å². The zero-order valence-electron chi connectivity index (χ0n) is 18.2. The number of carbonyl (C=O) groups is 1. The minimum Gasteiger partial charge on any atom is -0.439 e. The molecule has 2 aromatic heterocycles. The Kier molecular flexibility index (Phi) is 6.13. The van der Waals surface area contributed by atoms with Crippen LogP contribution >= 0.6 is 0 Å². The van der Waals surface area contributed by atoms with Gasteiger partial charge in [0.1, 0.15) is 11.3 Å². The molecule has 5 rings (SSSR count). The number of aromatic nitrogens is 2. The molecular formula is C26H25FN4O2. The zero-order chi connectivity index (χ0) is 22.6. The number of amides is 1. The Labute approximate surface area is 191 Å². The summed E-state index contributed by atoms with van der Waals surface area (Å²) in [6, 6.07) is 19.1. The van der Waals surface area contributed by atoms with Gasteiger partial charge in [0.2, 0.25) is 11.8 Å². The standard InChI is InChI=1S/C26H25FN4O2/c27-20-10-8-18(9-11-20)25(22-6-3-4-14-28-22)30-26(32)19-12-15-31(16-13-19)17-24-29-21-5-1-2-7-23(21)33-24/h1-11,14,19,25H,12-13,15-17H2,(H,30,32). The molecule has 1 amide bonds. The van der Waals surface area contributed by atoms with Gasteiger partial charge in [-0.15, -0.1) is 0 Å². The van der Waals surface area contributed by atoms with E-state index in [-0.39, 0.29) is 17.6 Å². The number of rotatable bonds is 6. The third-order valence-corrected chi connectivity index (χ3v) is 6.13. The molecule has 1 saturated heterocycles. The summed E-state index contributed by atoms with van der Waals surface area (Å²) in [5.41, 5.74) is 3.19. The van der Waals surface area contributed by atoms with E-state index < -0.39 is 6.04 Å². The molecule has 1 atom stereocenters. The number of likely N-dealkylation sites (tertiary alicyclic amines) is 1. The molecule has 3 heterocycles. The van der Waals surface area contributed by atoms with E-state index in [1.165, 1.54) is 12.1 Å². The summed E-state index contributed by atoms with van der Waals surface area (Å²) >= 11 is 0. The summed E-state index contributed by atoms with van der Waals surface area (Å²) < 4.78 is 19.3. The molecule has 33 heavy (non-hydrogen) atoms. The number of hydrogen-bond acceptors (Lipinski definition) is 5. The van der Waals surface area contributed by atoms with Crippen LogP contribution in [0.25, 0.3) is 11.1 Å². The molecule has 0 aliphatic carbocycles. The quantitative estimate of drug-likeness (QED) is 0.475. The van der Waals surface area contributed by atoms with Crippen LogP contribution in [0.3, 0.4) is 0 Å². The monoisotopic (exact) mass is 444 g/mol. The normalized spacial score (nSPS) is 16.0. The summed E-state index contributed by atoms with van der Waals surface area (Å²) in [5, 5.41) is 3.15. The fraction of sp³-hybridized carbons (Fsp3) is 0.269. The van der Waals surface area contributed by atoms with E-state index in [0.29, 0.717) is 12.4 Å². The Morgan fingerprint density at radius 3 is 2.55 bits per heavy atom. The van der Waals surface area contributed by atoms with Crippen molar-refractivity contribution in [3.8, 4) is 0 Å². The van der Waals surface area contributed by atoms with Crippen LogP contribution in [0.5, 0.6) is 0 Å². The molecule has 1 fully saturated rings. The van der Waals surface area contributed by atoms with Crippen LogP contribution in [-0.2, 0) is 11.3 Å². The molecule has 1 aliphatic heterocycles. The molecule has 7 heteroatoms. The van der Waals surface area contributed by atoms with E-state index in [4.69, 9.17) is 4.42 Å². The average molecular weight is 445 g/mol. The van der Waals surface area contributed by atoms with Crippen LogP contribution in [0.4, 0.5) is 4.39 Å². The molecule has 2 aromatic carbocycles. The molecule has 1 unspecified atom stereocenters. The van der Waals surface area contributed by atoms with Crippen molar-refractivity contribution in [3.63, 3.8) is 0 Å². The summed E-state index contributed by atoms with van der Waals surface area (Å²) in [6.45, 7) is 2.22. The molecule has 168 valence electrons. The summed E-state index contributed by atoms with van der Waals surface area (Å²) in [7, 11) is 0. The van der Waals surface area contributed by atoms with Crippen molar-refractivity contribution in [3.05, 3.63) is 95.9 Å². The molecule has 0 radical (unpaired) electrons. The maximum atomic E-state index is 13.4. The lowest BCUT2D eigenvalue weighted by Crippen LogP contribution is -2.41. The Morgan fingerprint density at radius 1 is 1.06 bits per heavy atom. The van der Waals surface area contributed by atoms with E-state index in [1.54, 1.807) is 18.3 Å². The molecule has 0 saturated carbocycles. The fourth-order valence-electron chi connectivity index (χ4n) is 4.32. The fourth-order valence-corrected chi connectivity index (χ4v) is 4.32. The lowest BCUT2D eigenvalue weighted by molar-refractivity contribution is -0.127. The highest BCUT2D eigenvalue weighted by Crippen LogP contribution is 2.25. The smallest absolute Gasteiger partial charge is 0.224 e. The van der Waals surface area contributed by atoms with Crippen molar-refractivity contribution in [1.29, 1.82) is 0 Å². The predicted octanol–water partition coefficient (Wildman–Crippen LogP) is 4.48. The summed E-state index contributed by atoms with van der Waals surface area (Å²) in [5.74, 6) is 0.301. The van der Waals surface area contributed by atoms with Crippen LogP contribution in [0.15, 0.2) is 77.3 Å². The first-order valence-corrected chi connectivity index (χ1v) is 11.2. The average Bonchev–Trinajstić information content (AvgIpc) is 3.26. The largest absolute Gasteiger partial charge is 0.439 e. The van der Waals surface area contributed by atoms with E-state index in [0.717, 1.165) is 48.3 Å². The van der Waals surface area contributed by atoms with Crippen molar-refractivity contribution in [2.75, 3.05) is 13.1 Å². The Morgan fingerprint density at radius 2 is 1.82 bits per heavy atom. The number of fused-ring (bicyclic) bond motifs is 1. The van der Waals surface area contributed by atoms with Crippen LogP contribution in [0.1, 0.15) is 36.0 Å². The third-order valence-electron chi connectivity index (χ3n) is 6.13. The maximum absolute atomic E-state index is 13.4. The SMILES string of the molecule is O=C(NC(c1ccc(F)cc1)c1ccccn1)C1CCN(Cc2nc3ccccc3o2)CC1. The molecule has 1 aliphatic rings. The van der Waals surface area contributed by atoms with Gasteiger partial charge in [-0.3, -0.25) is 14.7 Å². The van der Waals surface area contributed by atoms with Gasteiger partial charge in [-0.2, -0.15) is 0 Å². The van der Waals surface area contributed by atoms with Gasteiger partial charge in [0.25, 0.3) is 0 Å². The Balaban J connectivity index is 1.22. The minimum absolute atomic E-state index is 0.00325. The van der Waals surface area contributed by atoms with Crippen molar-refractivity contribution in [2.24, 2.45) is 5.92 Å². The van der Waals surface area contributed by atoms with E-state index in [1.807, 2.05) is 42.5 Å². The molecular weight excluding hydrogens is 419 g/mol. The number of para-hydroxylation sites is 2. The molecule has 1 N–H and O–H groups in total. The zero-order valence-corrected chi connectivity index (χ0v) is 18.2. The first kappa shape index (κ1) is 21.3. The predicted molar refractivity (Wildman–Crippen MR) is 123 cm³/mol. The van der Waals surface area contributed by atoms with Crippen LogP contribution in [-0.4, -0.2) is 33.9 Å². The van der Waals surface area contributed by atoms with Gasteiger partial charge < -0.3 is 9.73 Å². The molecule has 4 aromatic rings. The highest BCUT2D eigenvalue weighted by Gasteiger charge is 2.28. The van der Waals surface area contributed by atoms with Gasteiger partial charge in [0.15, 0.2) is 5.58 Å². The van der Waals surface area contributed by atoms with Crippen molar-refractivity contribution < 1.29 is 13.6 Å². The van der Waals surface area contributed by atoms with Gasteiger partial charge in [-0.25, -0.2) is 9.37 Å². The number of piperidine rings is 1. The lowest BCUT2D eigenvalue weighted by atomic mass is 9.94. The van der Waals surface area contributed by atoms with Gasteiger partial charge in [-0.1, -0.05) is 30.3 Å². The second kappa shape index (κ2) is 9.50. The minimum atomic E-state index is -0.419. The topological polar surface area (TPSA) is 71.3 Å². The highest BCUT2D eigenvalue weighted by molar-refractivity contribution is 5.79. The van der Waals surface area contributed by atoms with E-state index >= 15 is 0 Å². The lowest BCUT2D eigenvalue weighted by Gasteiger charge is -2.31. The van der Waals surface area contributed by atoms with Gasteiger partial charge in [-0.05, 0) is 67.9 Å². The van der Waals surface area contributed by atoms with Crippen LogP contribution < -0.4 is 5.32 Å². The number of carbonyl (C=O) groups excluding carboxylic acids is 1. The molecule has 0 bridgehead atoms. The Hall–Kier alpha value is -3.58. The van der Waals surface area contributed by atoms with Gasteiger partial charge >= 0.3 is 0 Å². The van der Waals surface area contributed by atoms with E-state index in [9.17, 15) is 9.18 Å². The number of benzene rings is 2. The third kappa shape index (κ3) is 4.93. The highest BCUT2D eigenvalue weighted by atomic mass is 19.1. The second-order valence-corrected chi connectivity index (χ2v) is 8.37. The first-order valence-electron chi connectivity index (χ1n) is 11.2. The van der Waals surface area contributed by atoms with Crippen molar-refractivity contribution in [2.45, 2.75) is 25.4 Å². The van der Waals surface area contributed by atoms with Crippen molar-refractivity contribution in [1.82, 2.24) is 20.2 Å². The second-order valence-electron chi connectivity index (χ2n) is 8.37. The number of nitrogens with one attached hydrogen (secondary N) is 1. The molecule has 6 nitrogen and oxygen atoms in total.